The number of nitrogens with one attached hydrogen (secondary N) is 1. The summed E-state index contributed by atoms with van der Waals surface area (Å²) in [5, 5.41) is 14.3. The van der Waals surface area contributed by atoms with Crippen molar-refractivity contribution in [2.75, 3.05) is 5.32 Å². The smallest absolute Gasteiger partial charge is 0.266 e. The summed E-state index contributed by atoms with van der Waals surface area (Å²) in [4.78, 5) is 18.3. The van der Waals surface area contributed by atoms with Crippen molar-refractivity contribution in [2.24, 2.45) is 0 Å². The largest absolute Gasteiger partial charge is 0.361 e. The van der Waals surface area contributed by atoms with Gasteiger partial charge in [-0.05, 0) is 42.0 Å². The van der Waals surface area contributed by atoms with Crippen LogP contribution in [-0.4, -0.2) is 9.38 Å². The molecule has 31 heavy (non-hydrogen) atoms. The van der Waals surface area contributed by atoms with Crippen molar-refractivity contribution in [2.45, 2.75) is 0 Å². The second-order valence-corrected chi connectivity index (χ2v) is 7.44. The lowest BCUT2D eigenvalue weighted by molar-refractivity contribution is 1.12. The lowest BCUT2D eigenvalue weighted by Gasteiger charge is -2.09. The number of aromatic nitrogens is 2. The third kappa shape index (κ3) is 3.20. The maximum absolute atomic E-state index is 13.7. The summed E-state index contributed by atoms with van der Waals surface area (Å²) >= 11 is 5.97. The van der Waals surface area contributed by atoms with E-state index >= 15 is 0 Å². The zero-order valence-corrected chi connectivity index (χ0v) is 17.0. The maximum atomic E-state index is 13.7. The molecule has 0 aliphatic carbocycles. The topological polar surface area (TPSA) is 70.2 Å². The van der Waals surface area contributed by atoms with Gasteiger partial charge in [0.1, 0.15) is 11.6 Å². The molecule has 3 aromatic carbocycles. The summed E-state index contributed by atoms with van der Waals surface area (Å²) in [6.45, 7) is 0. The summed E-state index contributed by atoms with van der Waals surface area (Å²) in [6, 6.07) is 26.2. The van der Waals surface area contributed by atoms with Gasteiger partial charge in [0.25, 0.3) is 5.56 Å². The Morgan fingerprint density at radius 2 is 1.68 bits per heavy atom. The van der Waals surface area contributed by atoms with E-state index in [1.165, 1.54) is 4.40 Å². The van der Waals surface area contributed by atoms with Crippen molar-refractivity contribution in [1.82, 2.24) is 9.38 Å². The first kappa shape index (κ1) is 18.9. The SMILES string of the molecule is N#Cc1c(-c2ccccc2)/c(=C/Nc2ccc(Cl)cc2)c(=O)n2c1nc1ccccc12. The molecule has 0 unspecified atom stereocenters. The van der Waals surface area contributed by atoms with Crippen LogP contribution in [-0.2, 0) is 0 Å². The van der Waals surface area contributed by atoms with Gasteiger partial charge in [-0.25, -0.2) is 4.98 Å². The van der Waals surface area contributed by atoms with Gasteiger partial charge in [0.15, 0.2) is 5.65 Å². The average molecular weight is 423 g/mol. The van der Waals surface area contributed by atoms with E-state index in [-0.39, 0.29) is 5.56 Å². The van der Waals surface area contributed by atoms with E-state index in [1.54, 1.807) is 18.3 Å². The molecule has 0 saturated carbocycles. The third-order valence-corrected chi connectivity index (χ3v) is 5.39. The minimum atomic E-state index is -0.247. The van der Waals surface area contributed by atoms with Gasteiger partial charge < -0.3 is 5.32 Å². The highest BCUT2D eigenvalue weighted by molar-refractivity contribution is 6.30. The molecule has 1 N–H and O–H groups in total. The molecule has 148 valence electrons. The van der Waals surface area contributed by atoms with Crippen molar-refractivity contribution < 1.29 is 0 Å². The fourth-order valence-corrected chi connectivity index (χ4v) is 3.85. The normalized spacial score (nSPS) is 11.7. The standard InChI is InChI=1S/C25H15ClN4O/c26-17-10-12-18(13-11-17)28-15-20-23(16-6-2-1-3-7-16)19(14-27)24-29-21-8-4-5-9-22(21)30(24)25(20)31/h1-13,15,28H/b20-15-. The summed E-state index contributed by atoms with van der Waals surface area (Å²) in [6.07, 6.45) is 1.64. The Kier molecular flexibility index (Phi) is 4.62. The second kappa shape index (κ2) is 7.60. The number of pyridine rings is 1. The number of nitriles is 1. The lowest BCUT2D eigenvalue weighted by atomic mass is 9.99. The molecule has 0 saturated heterocycles. The molecule has 0 atom stereocenters. The number of fused-ring (bicyclic) bond motifs is 3. The summed E-state index contributed by atoms with van der Waals surface area (Å²) in [5.74, 6) is 0. The molecule has 0 fully saturated rings. The van der Waals surface area contributed by atoms with E-state index in [1.807, 2.05) is 66.7 Å². The number of imidazole rings is 1. The van der Waals surface area contributed by atoms with E-state index in [2.05, 4.69) is 16.4 Å². The van der Waals surface area contributed by atoms with Crippen LogP contribution < -0.4 is 16.1 Å². The molecular formula is C25H15ClN4O. The number of hydrogen-bond acceptors (Lipinski definition) is 4. The number of halogens is 1. The Labute approximate surface area is 182 Å². The van der Waals surface area contributed by atoms with Gasteiger partial charge in [0.05, 0.1) is 16.3 Å². The predicted octanol–water partition coefficient (Wildman–Crippen LogP) is 4.61. The maximum Gasteiger partial charge on any atom is 0.266 e. The van der Waals surface area contributed by atoms with Gasteiger partial charge >= 0.3 is 0 Å². The van der Waals surface area contributed by atoms with Crippen LogP contribution in [0.25, 0.3) is 34.0 Å². The number of para-hydroxylation sites is 2. The van der Waals surface area contributed by atoms with Crippen LogP contribution in [0.3, 0.4) is 0 Å². The Hall–Kier alpha value is -4.14. The van der Waals surface area contributed by atoms with E-state index < -0.39 is 0 Å². The molecule has 6 heteroatoms. The van der Waals surface area contributed by atoms with Gasteiger partial charge in [-0.1, -0.05) is 54.1 Å². The van der Waals surface area contributed by atoms with Gasteiger partial charge in [-0.15, -0.1) is 0 Å². The van der Waals surface area contributed by atoms with Crippen LogP contribution in [0.15, 0.2) is 83.7 Å². The zero-order chi connectivity index (χ0) is 21.4. The Morgan fingerprint density at radius 3 is 2.42 bits per heavy atom. The van der Waals surface area contributed by atoms with Gasteiger partial charge in [-0.2, -0.15) is 5.26 Å². The Morgan fingerprint density at radius 1 is 0.968 bits per heavy atom. The predicted molar refractivity (Wildman–Crippen MR) is 124 cm³/mol. The highest BCUT2D eigenvalue weighted by atomic mass is 35.5. The monoisotopic (exact) mass is 422 g/mol. The molecule has 5 rings (SSSR count). The van der Waals surface area contributed by atoms with Crippen LogP contribution in [0.4, 0.5) is 5.69 Å². The third-order valence-electron chi connectivity index (χ3n) is 5.14. The molecule has 5 aromatic rings. The first-order valence-electron chi connectivity index (χ1n) is 9.62. The van der Waals surface area contributed by atoms with E-state index in [0.29, 0.717) is 38.0 Å². The van der Waals surface area contributed by atoms with Crippen LogP contribution in [0.1, 0.15) is 5.56 Å². The van der Waals surface area contributed by atoms with E-state index in [0.717, 1.165) is 11.3 Å². The fraction of sp³-hybridized carbons (Fsp3) is 0. The van der Waals surface area contributed by atoms with Crippen LogP contribution in [0.2, 0.25) is 5.02 Å². The Bertz CT molecular complexity index is 1580. The highest BCUT2D eigenvalue weighted by Gasteiger charge is 2.19. The molecular weight excluding hydrogens is 408 g/mol. The van der Waals surface area contributed by atoms with E-state index in [9.17, 15) is 10.1 Å². The summed E-state index contributed by atoms with van der Waals surface area (Å²) in [7, 11) is 0. The molecule has 0 radical (unpaired) electrons. The number of anilines is 1. The van der Waals surface area contributed by atoms with Crippen molar-refractivity contribution >= 4 is 40.2 Å². The number of rotatable bonds is 3. The molecule has 2 heterocycles. The van der Waals surface area contributed by atoms with Crippen molar-refractivity contribution in [1.29, 1.82) is 5.26 Å². The van der Waals surface area contributed by atoms with E-state index in [4.69, 9.17) is 11.6 Å². The molecule has 0 spiro atoms. The van der Waals surface area contributed by atoms with Crippen LogP contribution >= 0.6 is 11.6 Å². The summed E-state index contributed by atoms with van der Waals surface area (Å²) in [5.41, 5.74) is 3.90. The minimum absolute atomic E-state index is 0.247. The fourth-order valence-electron chi connectivity index (χ4n) is 3.72. The van der Waals surface area contributed by atoms with Crippen molar-refractivity contribution in [3.63, 3.8) is 0 Å². The first-order chi connectivity index (χ1) is 15.2. The first-order valence-corrected chi connectivity index (χ1v) is 10.00. The molecule has 0 aliphatic rings. The second-order valence-electron chi connectivity index (χ2n) is 7.00. The van der Waals surface area contributed by atoms with Crippen LogP contribution in [0, 0.1) is 11.3 Å². The number of nitrogens with zero attached hydrogens (tertiary/aromatic N) is 3. The molecule has 0 aliphatic heterocycles. The lowest BCUT2D eigenvalue weighted by Crippen LogP contribution is -2.34. The Balaban J connectivity index is 1.89. The van der Waals surface area contributed by atoms with Gasteiger partial charge in [0.2, 0.25) is 0 Å². The van der Waals surface area contributed by atoms with Crippen LogP contribution in [0.5, 0.6) is 0 Å². The summed E-state index contributed by atoms with van der Waals surface area (Å²) < 4.78 is 1.51. The quantitative estimate of drug-likeness (QED) is 0.461. The molecule has 5 nitrogen and oxygen atoms in total. The number of benzene rings is 3. The van der Waals surface area contributed by atoms with Crippen molar-refractivity contribution in [3.8, 4) is 17.2 Å². The zero-order valence-electron chi connectivity index (χ0n) is 16.2. The highest BCUT2D eigenvalue weighted by Crippen LogP contribution is 2.24. The molecule has 2 aromatic heterocycles. The molecule has 0 bridgehead atoms. The number of hydrogen-bond donors (Lipinski definition) is 1. The van der Waals surface area contributed by atoms with Gasteiger partial charge in [0, 0.05) is 22.5 Å². The average Bonchev–Trinajstić information content (AvgIpc) is 3.19. The minimum Gasteiger partial charge on any atom is -0.361 e. The van der Waals surface area contributed by atoms with Crippen molar-refractivity contribution in [3.05, 3.63) is 105 Å². The van der Waals surface area contributed by atoms with Gasteiger partial charge in [-0.3, -0.25) is 9.20 Å². The molecule has 0 amide bonds.